The fourth-order valence-corrected chi connectivity index (χ4v) is 3.10. The summed E-state index contributed by atoms with van der Waals surface area (Å²) in [7, 11) is 0. The van der Waals surface area contributed by atoms with Gasteiger partial charge in [0.1, 0.15) is 5.82 Å². The van der Waals surface area contributed by atoms with Crippen molar-refractivity contribution in [1.29, 1.82) is 0 Å². The quantitative estimate of drug-likeness (QED) is 0.918. The highest BCUT2D eigenvalue weighted by molar-refractivity contribution is 7.09. The molecule has 3 rings (SSSR count). The number of halogens is 1. The van der Waals surface area contributed by atoms with Crippen molar-refractivity contribution >= 4 is 11.3 Å². The number of nitrogens with zero attached hydrogens (tertiary/aromatic N) is 1. The van der Waals surface area contributed by atoms with Crippen molar-refractivity contribution < 1.29 is 4.39 Å². The highest BCUT2D eigenvalue weighted by Crippen LogP contribution is 2.47. The van der Waals surface area contributed by atoms with Gasteiger partial charge in [0.15, 0.2) is 0 Å². The number of nitrogens with two attached hydrogens (primary N) is 1. The highest BCUT2D eigenvalue weighted by atomic mass is 32.1. The van der Waals surface area contributed by atoms with E-state index in [9.17, 15) is 4.39 Å². The maximum atomic E-state index is 13.2. The molecule has 18 heavy (non-hydrogen) atoms. The lowest BCUT2D eigenvalue weighted by molar-refractivity contribution is 0.520. The SMILES string of the molecule is NCC1(Cc2nc(-c3cccc(F)c3)cs2)CC1. The van der Waals surface area contributed by atoms with Crippen LogP contribution in [0.15, 0.2) is 29.6 Å². The maximum absolute atomic E-state index is 13.2. The lowest BCUT2D eigenvalue weighted by Gasteiger charge is -2.08. The molecule has 94 valence electrons. The average Bonchev–Trinajstić information content (AvgIpc) is 2.99. The zero-order valence-electron chi connectivity index (χ0n) is 10.0. The summed E-state index contributed by atoms with van der Waals surface area (Å²) in [4.78, 5) is 4.59. The molecule has 4 heteroatoms. The molecule has 0 atom stereocenters. The Morgan fingerprint density at radius 2 is 2.22 bits per heavy atom. The van der Waals surface area contributed by atoms with E-state index < -0.39 is 0 Å². The van der Waals surface area contributed by atoms with E-state index in [1.165, 1.54) is 25.0 Å². The number of aromatic nitrogens is 1. The van der Waals surface area contributed by atoms with Crippen molar-refractivity contribution in [3.8, 4) is 11.3 Å². The van der Waals surface area contributed by atoms with Crippen LogP contribution in [0, 0.1) is 11.2 Å². The lowest BCUT2D eigenvalue weighted by Crippen LogP contribution is -2.17. The second kappa shape index (κ2) is 4.44. The number of thiazole rings is 1. The Kier molecular flexibility index (Phi) is 2.92. The first-order valence-electron chi connectivity index (χ1n) is 6.11. The van der Waals surface area contributed by atoms with Gasteiger partial charge in [-0.25, -0.2) is 9.37 Å². The average molecular weight is 262 g/mol. The van der Waals surface area contributed by atoms with E-state index in [2.05, 4.69) is 4.98 Å². The van der Waals surface area contributed by atoms with Gasteiger partial charge in [-0.15, -0.1) is 11.3 Å². The zero-order valence-corrected chi connectivity index (χ0v) is 10.8. The van der Waals surface area contributed by atoms with E-state index in [1.807, 2.05) is 11.4 Å². The normalized spacial score (nSPS) is 16.8. The van der Waals surface area contributed by atoms with Crippen molar-refractivity contribution in [2.45, 2.75) is 19.3 Å². The van der Waals surface area contributed by atoms with E-state index in [4.69, 9.17) is 5.73 Å². The van der Waals surface area contributed by atoms with E-state index in [0.717, 1.165) is 29.2 Å². The molecule has 1 fully saturated rings. The monoisotopic (exact) mass is 262 g/mol. The van der Waals surface area contributed by atoms with Crippen LogP contribution in [-0.4, -0.2) is 11.5 Å². The molecule has 2 N–H and O–H groups in total. The fraction of sp³-hybridized carbons (Fsp3) is 0.357. The molecular weight excluding hydrogens is 247 g/mol. The van der Waals surface area contributed by atoms with Crippen LogP contribution < -0.4 is 5.73 Å². The van der Waals surface area contributed by atoms with Gasteiger partial charge in [0.05, 0.1) is 10.7 Å². The van der Waals surface area contributed by atoms with Gasteiger partial charge < -0.3 is 5.73 Å². The molecule has 0 radical (unpaired) electrons. The van der Waals surface area contributed by atoms with Crippen molar-refractivity contribution in [3.63, 3.8) is 0 Å². The predicted octanol–water partition coefficient (Wildman–Crippen LogP) is 3.23. The Hall–Kier alpha value is -1.26. The molecule has 1 saturated carbocycles. The van der Waals surface area contributed by atoms with Crippen LogP contribution in [0.25, 0.3) is 11.3 Å². The summed E-state index contributed by atoms with van der Waals surface area (Å²) in [5.74, 6) is -0.220. The van der Waals surface area contributed by atoms with Crippen LogP contribution in [0.1, 0.15) is 17.8 Å². The summed E-state index contributed by atoms with van der Waals surface area (Å²) in [6, 6.07) is 6.57. The number of hydrogen-bond donors (Lipinski definition) is 1. The third-order valence-electron chi connectivity index (χ3n) is 3.59. The molecule has 0 aliphatic heterocycles. The third-order valence-corrected chi connectivity index (χ3v) is 4.44. The Bertz CT molecular complexity index is 560. The van der Waals surface area contributed by atoms with Crippen LogP contribution in [0.3, 0.4) is 0 Å². The molecule has 1 aromatic heterocycles. The van der Waals surface area contributed by atoms with Crippen LogP contribution >= 0.6 is 11.3 Å². The molecule has 0 spiro atoms. The molecular formula is C14H15FN2S. The Labute approximate surface area is 110 Å². The summed E-state index contributed by atoms with van der Waals surface area (Å²) in [6.07, 6.45) is 3.38. The van der Waals surface area contributed by atoms with E-state index in [1.54, 1.807) is 17.4 Å². The Morgan fingerprint density at radius 1 is 1.39 bits per heavy atom. The second-order valence-corrected chi connectivity index (χ2v) is 5.96. The van der Waals surface area contributed by atoms with Crippen LogP contribution in [0.4, 0.5) is 4.39 Å². The summed E-state index contributed by atoms with van der Waals surface area (Å²) in [5, 5.41) is 3.11. The molecule has 0 amide bonds. The van der Waals surface area contributed by atoms with Gasteiger partial charge in [-0.05, 0) is 36.9 Å². The molecule has 1 aromatic carbocycles. The van der Waals surface area contributed by atoms with Gasteiger partial charge in [0, 0.05) is 17.4 Å². The minimum atomic E-state index is -0.220. The molecule has 1 heterocycles. The molecule has 1 aliphatic carbocycles. The first kappa shape index (κ1) is 11.8. The van der Waals surface area contributed by atoms with Crippen molar-refractivity contribution in [3.05, 3.63) is 40.5 Å². The predicted molar refractivity (Wildman–Crippen MR) is 71.9 cm³/mol. The maximum Gasteiger partial charge on any atom is 0.123 e. The number of hydrogen-bond acceptors (Lipinski definition) is 3. The van der Waals surface area contributed by atoms with E-state index in [0.29, 0.717) is 5.41 Å². The molecule has 0 saturated heterocycles. The largest absolute Gasteiger partial charge is 0.330 e. The fourth-order valence-electron chi connectivity index (χ4n) is 2.12. The van der Waals surface area contributed by atoms with Gasteiger partial charge in [-0.1, -0.05) is 12.1 Å². The molecule has 0 unspecified atom stereocenters. The van der Waals surface area contributed by atoms with Gasteiger partial charge in [-0.3, -0.25) is 0 Å². The van der Waals surface area contributed by atoms with E-state index in [-0.39, 0.29) is 5.82 Å². The zero-order chi connectivity index (χ0) is 12.6. The van der Waals surface area contributed by atoms with Crippen LogP contribution in [-0.2, 0) is 6.42 Å². The van der Waals surface area contributed by atoms with Gasteiger partial charge in [-0.2, -0.15) is 0 Å². The van der Waals surface area contributed by atoms with Crippen LogP contribution in [0.5, 0.6) is 0 Å². The third kappa shape index (κ3) is 2.31. The lowest BCUT2D eigenvalue weighted by atomic mass is 10.0. The molecule has 2 nitrogen and oxygen atoms in total. The van der Waals surface area contributed by atoms with Gasteiger partial charge in [0.2, 0.25) is 0 Å². The Morgan fingerprint density at radius 3 is 2.89 bits per heavy atom. The number of benzene rings is 1. The van der Waals surface area contributed by atoms with Crippen LogP contribution in [0.2, 0.25) is 0 Å². The summed E-state index contributed by atoms with van der Waals surface area (Å²) < 4.78 is 13.2. The topological polar surface area (TPSA) is 38.9 Å². The molecule has 0 bridgehead atoms. The van der Waals surface area contributed by atoms with Gasteiger partial charge >= 0.3 is 0 Å². The minimum absolute atomic E-state index is 0.220. The second-order valence-electron chi connectivity index (χ2n) is 5.02. The summed E-state index contributed by atoms with van der Waals surface area (Å²) in [6.45, 7) is 0.738. The Balaban J connectivity index is 1.81. The molecule has 1 aliphatic rings. The van der Waals surface area contributed by atoms with Crippen molar-refractivity contribution in [1.82, 2.24) is 4.98 Å². The smallest absolute Gasteiger partial charge is 0.123 e. The van der Waals surface area contributed by atoms with Crippen molar-refractivity contribution in [2.75, 3.05) is 6.54 Å². The van der Waals surface area contributed by atoms with Gasteiger partial charge in [0.25, 0.3) is 0 Å². The first-order chi connectivity index (χ1) is 8.71. The minimum Gasteiger partial charge on any atom is -0.330 e. The number of rotatable bonds is 4. The molecule has 2 aromatic rings. The summed E-state index contributed by atoms with van der Waals surface area (Å²) >= 11 is 1.64. The van der Waals surface area contributed by atoms with E-state index >= 15 is 0 Å². The highest BCUT2D eigenvalue weighted by Gasteiger charge is 2.41. The van der Waals surface area contributed by atoms with Crippen molar-refractivity contribution in [2.24, 2.45) is 11.1 Å². The summed E-state index contributed by atoms with van der Waals surface area (Å²) in [5.41, 5.74) is 7.79. The first-order valence-corrected chi connectivity index (χ1v) is 6.99. The standard InChI is InChI=1S/C14H15FN2S/c15-11-3-1-2-10(6-11)12-8-18-13(17-12)7-14(9-16)4-5-14/h1-3,6,8H,4-5,7,9,16H2.